The van der Waals surface area contributed by atoms with Gasteiger partial charge < -0.3 is 10.2 Å². The van der Waals surface area contributed by atoms with Crippen molar-refractivity contribution >= 4 is 28.2 Å². The van der Waals surface area contributed by atoms with Crippen molar-refractivity contribution in [3.05, 3.63) is 29.6 Å². The van der Waals surface area contributed by atoms with E-state index >= 15 is 0 Å². The zero-order chi connectivity index (χ0) is 17.2. The highest BCUT2D eigenvalue weighted by atomic mass is 35.5. The number of aromatic nitrogens is 1. The van der Waals surface area contributed by atoms with E-state index in [4.69, 9.17) is 0 Å². The van der Waals surface area contributed by atoms with Crippen molar-refractivity contribution < 1.29 is 13.2 Å². The highest BCUT2D eigenvalue weighted by molar-refractivity contribution is 7.91. The number of carbonyl (C=O) groups is 1. The molecule has 25 heavy (non-hydrogen) atoms. The molecule has 1 unspecified atom stereocenters. The van der Waals surface area contributed by atoms with E-state index in [0.29, 0.717) is 24.3 Å². The molecule has 1 atom stereocenters. The first kappa shape index (κ1) is 20.1. The largest absolute Gasteiger partial charge is 0.339 e. The van der Waals surface area contributed by atoms with Gasteiger partial charge in [-0.2, -0.15) is 0 Å². The average Bonchev–Trinajstić information content (AvgIpc) is 3.07. The summed E-state index contributed by atoms with van der Waals surface area (Å²) in [5.74, 6) is 0.876. The Morgan fingerprint density at radius 2 is 2.00 bits per heavy atom. The van der Waals surface area contributed by atoms with Gasteiger partial charge in [-0.25, -0.2) is 8.42 Å². The number of hydrogen-bond acceptors (Lipinski definition) is 5. The second kappa shape index (κ2) is 8.47. The second-order valence-corrected chi connectivity index (χ2v) is 9.25. The predicted octanol–water partition coefficient (Wildman–Crippen LogP) is 1.30. The maximum Gasteiger partial charge on any atom is 0.255 e. The molecule has 0 spiro atoms. The molecule has 0 saturated carbocycles. The molecule has 1 amide bonds. The summed E-state index contributed by atoms with van der Waals surface area (Å²) >= 11 is 0. The third-order valence-electron chi connectivity index (χ3n) is 5.12. The first-order chi connectivity index (χ1) is 11.4. The van der Waals surface area contributed by atoms with Crippen molar-refractivity contribution in [3.63, 3.8) is 0 Å². The van der Waals surface area contributed by atoms with E-state index < -0.39 is 9.84 Å². The molecule has 0 radical (unpaired) electrons. The van der Waals surface area contributed by atoms with Crippen LogP contribution in [0.4, 0.5) is 0 Å². The van der Waals surface area contributed by atoms with Crippen LogP contribution in [-0.4, -0.2) is 61.9 Å². The quantitative estimate of drug-likeness (QED) is 0.842. The van der Waals surface area contributed by atoms with Crippen molar-refractivity contribution in [2.24, 2.45) is 5.92 Å². The Morgan fingerprint density at radius 3 is 2.64 bits per heavy atom. The summed E-state index contributed by atoms with van der Waals surface area (Å²) in [5, 5.41) is 3.35. The monoisotopic (exact) mass is 387 g/mol. The molecule has 0 aliphatic carbocycles. The van der Waals surface area contributed by atoms with E-state index in [-0.39, 0.29) is 35.9 Å². The number of nitrogens with one attached hydrogen (secondary N) is 1. The summed E-state index contributed by atoms with van der Waals surface area (Å²) in [6.45, 7) is 2.08. The summed E-state index contributed by atoms with van der Waals surface area (Å²) in [4.78, 5) is 18.6. The van der Waals surface area contributed by atoms with Crippen LogP contribution in [0.5, 0.6) is 0 Å². The van der Waals surface area contributed by atoms with Crippen LogP contribution < -0.4 is 5.32 Å². The van der Waals surface area contributed by atoms with Crippen molar-refractivity contribution in [1.29, 1.82) is 0 Å². The molecular weight excluding hydrogens is 362 g/mol. The topological polar surface area (TPSA) is 79.4 Å². The number of rotatable bonds is 4. The minimum Gasteiger partial charge on any atom is -0.339 e. The molecule has 1 N–H and O–H groups in total. The standard InChI is InChI=1S/C17H25N3O3S.ClH/c1-20(16-3-6-24(22,23)7-4-16)17(21)15-9-14(11-19-12-15)8-13-2-5-18-10-13;/h9,11-13,16,18H,2-8,10H2,1H3;1H. The summed E-state index contributed by atoms with van der Waals surface area (Å²) in [6, 6.07) is 1.92. The number of amides is 1. The highest BCUT2D eigenvalue weighted by Gasteiger charge is 2.29. The lowest BCUT2D eigenvalue weighted by atomic mass is 9.99. The molecule has 3 rings (SSSR count). The summed E-state index contributed by atoms with van der Waals surface area (Å²) in [6.07, 6.45) is 6.58. The van der Waals surface area contributed by atoms with Crippen LogP contribution in [0.25, 0.3) is 0 Å². The van der Waals surface area contributed by atoms with Gasteiger partial charge in [-0.1, -0.05) is 0 Å². The fourth-order valence-electron chi connectivity index (χ4n) is 3.57. The van der Waals surface area contributed by atoms with E-state index in [1.807, 2.05) is 12.3 Å². The Kier molecular flexibility index (Phi) is 6.82. The smallest absolute Gasteiger partial charge is 0.255 e. The van der Waals surface area contributed by atoms with E-state index in [1.54, 1.807) is 18.1 Å². The third kappa shape index (κ3) is 5.15. The van der Waals surface area contributed by atoms with Crippen LogP contribution in [0.1, 0.15) is 35.2 Å². The molecule has 3 heterocycles. The lowest BCUT2D eigenvalue weighted by Gasteiger charge is -2.31. The molecule has 0 bridgehead atoms. The second-order valence-electron chi connectivity index (χ2n) is 6.94. The number of halogens is 1. The Morgan fingerprint density at radius 1 is 1.28 bits per heavy atom. The molecule has 1 aromatic heterocycles. The molecular formula is C17H26ClN3O3S. The number of nitrogens with zero attached hydrogens (tertiary/aromatic N) is 2. The van der Waals surface area contributed by atoms with E-state index in [1.165, 1.54) is 0 Å². The van der Waals surface area contributed by atoms with Crippen LogP contribution in [0, 0.1) is 5.92 Å². The van der Waals surface area contributed by atoms with Crippen molar-refractivity contribution in [2.45, 2.75) is 31.7 Å². The van der Waals surface area contributed by atoms with E-state index in [9.17, 15) is 13.2 Å². The molecule has 2 fully saturated rings. The number of carbonyl (C=O) groups excluding carboxylic acids is 1. The number of hydrogen-bond donors (Lipinski definition) is 1. The van der Waals surface area contributed by atoms with Crippen molar-refractivity contribution in [1.82, 2.24) is 15.2 Å². The van der Waals surface area contributed by atoms with Gasteiger partial charge in [-0.15, -0.1) is 12.4 Å². The minimum atomic E-state index is -2.92. The summed E-state index contributed by atoms with van der Waals surface area (Å²) in [7, 11) is -1.15. The predicted molar refractivity (Wildman–Crippen MR) is 99.9 cm³/mol. The van der Waals surface area contributed by atoms with E-state index in [2.05, 4.69) is 10.3 Å². The lowest BCUT2D eigenvalue weighted by molar-refractivity contribution is 0.0721. The maximum atomic E-state index is 12.7. The Balaban J connectivity index is 0.00000225. The number of pyridine rings is 1. The summed E-state index contributed by atoms with van der Waals surface area (Å²) in [5.41, 5.74) is 1.68. The third-order valence-corrected chi connectivity index (χ3v) is 6.84. The lowest BCUT2D eigenvalue weighted by Crippen LogP contribution is -2.42. The highest BCUT2D eigenvalue weighted by Crippen LogP contribution is 2.20. The molecule has 2 saturated heterocycles. The van der Waals surface area contributed by atoms with Gasteiger partial charge in [-0.3, -0.25) is 9.78 Å². The van der Waals surface area contributed by atoms with Gasteiger partial charge in [0, 0.05) is 25.5 Å². The molecule has 6 nitrogen and oxygen atoms in total. The fraction of sp³-hybridized carbons (Fsp3) is 0.647. The fourth-order valence-corrected chi connectivity index (χ4v) is 5.04. The molecule has 1 aromatic rings. The maximum absolute atomic E-state index is 12.7. The van der Waals surface area contributed by atoms with Gasteiger partial charge in [0.2, 0.25) is 0 Å². The van der Waals surface area contributed by atoms with Crippen molar-refractivity contribution in [2.75, 3.05) is 31.6 Å². The van der Waals surface area contributed by atoms with E-state index in [0.717, 1.165) is 31.5 Å². The zero-order valence-electron chi connectivity index (χ0n) is 14.5. The Bertz CT molecular complexity index is 691. The van der Waals surface area contributed by atoms with Gasteiger partial charge in [0.05, 0.1) is 17.1 Å². The first-order valence-corrected chi connectivity index (χ1v) is 10.4. The molecule has 140 valence electrons. The Labute approximate surface area is 155 Å². The van der Waals surface area contributed by atoms with Gasteiger partial charge in [-0.05, 0) is 56.3 Å². The van der Waals surface area contributed by atoms with Crippen LogP contribution in [-0.2, 0) is 16.3 Å². The van der Waals surface area contributed by atoms with Gasteiger partial charge in [0.25, 0.3) is 5.91 Å². The van der Waals surface area contributed by atoms with Gasteiger partial charge >= 0.3 is 0 Å². The van der Waals surface area contributed by atoms with Crippen LogP contribution >= 0.6 is 12.4 Å². The molecule has 2 aliphatic rings. The Hall–Kier alpha value is -1.18. The normalized spacial score (nSPS) is 23.0. The number of sulfone groups is 1. The van der Waals surface area contributed by atoms with Gasteiger partial charge in [0.1, 0.15) is 9.84 Å². The minimum absolute atomic E-state index is 0. The van der Waals surface area contributed by atoms with Crippen LogP contribution in [0.2, 0.25) is 0 Å². The molecule has 2 aliphatic heterocycles. The summed E-state index contributed by atoms with van der Waals surface area (Å²) < 4.78 is 23.1. The van der Waals surface area contributed by atoms with Crippen LogP contribution in [0.15, 0.2) is 18.5 Å². The molecule has 8 heteroatoms. The average molecular weight is 388 g/mol. The first-order valence-electron chi connectivity index (χ1n) is 8.57. The van der Waals surface area contributed by atoms with Crippen LogP contribution in [0.3, 0.4) is 0 Å². The SMILES string of the molecule is CN(C(=O)c1cncc(CC2CCNC2)c1)C1CCS(=O)(=O)CC1.Cl. The zero-order valence-corrected chi connectivity index (χ0v) is 16.1. The van der Waals surface area contributed by atoms with Crippen molar-refractivity contribution in [3.8, 4) is 0 Å². The molecule has 0 aromatic carbocycles. The van der Waals surface area contributed by atoms with Gasteiger partial charge in [0.15, 0.2) is 0 Å².